The van der Waals surface area contributed by atoms with Crippen molar-refractivity contribution in [2.75, 3.05) is 0 Å². The number of carbonyl (C=O) groups excluding carboxylic acids is 1. The number of hydrogen-bond donors (Lipinski definition) is 3. The number of aromatic nitrogens is 3. The maximum atomic E-state index is 12.2. The minimum atomic E-state index is -0.608. The highest BCUT2D eigenvalue weighted by Crippen LogP contribution is 2.20. The van der Waals surface area contributed by atoms with Gasteiger partial charge in [-0.3, -0.25) is 4.79 Å². The van der Waals surface area contributed by atoms with E-state index in [1.165, 1.54) is 29.1 Å². The maximum Gasteiger partial charge on any atom is 0.264 e. The van der Waals surface area contributed by atoms with Crippen LogP contribution in [-0.2, 0) is 4.79 Å². The van der Waals surface area contributed by atoms with E-state index >= 15 is 0 Å². The third-order valence-corrected chi connectivity index (χ3v) is 3.52. The zero-order chi connectivity index (χ0) is 17.1. The van der Waals surface area contributed by atoms with Gasteiger partial charge in [-0.2, -0.15) is 5.10 Å². The van der Waals surface area contributed by atoms with E-state index in [2.05, 4.69) is 20.8 Å². The lowest BCUT2D eigenvalue weighted by molar-refractivity contribution is -0.124. The van der Waals surface area contributed by atoms with Crippen LogP contribution in [0.3, 0.4) is 0 Å². The van der Waals surface area contributed by atoms with Crippen LogP contribution in [-0.4, -0.2) is 37.3 Å². The summed E-state index contributed by atoms with van der Waals surface area (Å²) in [6, 6.07) is 10.8. The van der Waals surface area contributed by atoms with Crippen molar-refractivity contribution >= 4 is 23.2 Å². The van der Waals surface area contributed by atoms with Crippen LogP contribution in [0.25, 0.3) is 11.0 Å². The highest BCUT2D eigenvalue weighted by molar-refractivity contribution is 5.87. The number of rotatable bonds is 4. The summed E-state index contributed by atoms with van der Waals surface area (Å²) in [6.45, 7) is 1.68. The van der Waals surface area contributed by atoms with E-state index in [0.29, 0.717) is 11.1 Å². The number of phenols is 2. The van der Waals surface area contributed by atoms with Gasteiger partial charge in [0.05, 0.1) is 11.7 Å². The van der Waals surface area contributed by atoms with Gasteiger partial charge >= 0.3 is 0 Å². The molecular formula is C16H15N5O3. The van der Waals surface area contributed by atoms with Crippen molar-refractivity contribution in [3.05, 3.63) is 48.0 Å². The topological polar surface area (TPSA) is 113 Å². The second kappa shape index (κ2) is 6.37. The van der Waals surface area contributed by atoms with Crippen LogP contribution in [0.15, 0.2) is 47.6 Å². The molecule has 1 amide bonds. The van der Waals surface area contributed by atoms with Crippen molar-refractivity contribution in [1.29, 1.82) is 0 Å². The lowest BCUT2D eigenvalue weighted by Crippen LogP contribution is -2.28. The summed E-state index contributed by atoms with van der Waals surface area (Å²) in [5.41, 5.74) is 4.22. The normalized spacial score (nSPS) is 12.5. The molecule has 0 saturated heterocycles. The molecule has 3 N–H and O–H groups in total. The first-order valence-corrected chi connectivity index (χ1v) is 7.21. The van der Waals surface area contributed by atoms with Gasteiger partial charge in [-0.1, -0.05) is 17.3 Å². The molecule has 0 saturated carbocycles. The van der Waals surface area contributed by atoms with Crippen molar-refractivity contribution in [2.24, 2.45) is 5.10 Å². The Morgan fingerprint density at radius 3 is 2.88 bits per heavy atom. The Morgan fingerprint density at radius 1 is 1.29 bits per heavy atom. The molecular weight excluding hydrogens is 310 g/mol. The fourth-order valence-electron chi connectivity index (χ4n) is 2.18. The van der Waals surface area contributed by atoms with E-state index in [1.807, 2.05) is 24.3 Å². The molecule has 0 radical (unpaired) electrons. The molecule has 2 aromatic carbocycles. The molecule has 0 aliphatic rings. The van der Waals surface area contributed by atoms with Gasteiger partial charge in [-0.15, -0.1) is 5.10 Å². The molecule has 1 heterocycles. The summed E-state index contributed by atoms with van der Waals surface area (Å²) in [5, 5.41) is 30.7. The summed E-state index contributed by atoms with van der Waals surface area (Å²) in [7, 11) is 0. The van der Waals surface area contributed by atoms with E-state index in [9.17, 15) is 15.0 Å². The monoisotopic (exact) mass is 325 g/mol. The highest BCUT2D eigenvalue weighted by atomic mass is 16.3. The fraction of sp³-hybridized carbons (Fsp3) is 0.125. The van der Waals surface area contributed by atoms with E-state index in [0.717, 1.165) is 5.52 Å². The Labute approximate surface area is 137 Å². The molecule has 3 rings (SSSR count). The van der Waals surface area contributed by atoms with Crippen molar-refractivity contribution in [2.45, 2.75) is 13.0 Å². The molecule has 0 spiro atoms. The first-order chi connectivity index (χ1) is 11.6. The van der Waals surface area contributed by atoms with Crippen LogP contribution in [0.2, 0.25) is 0 Å². The van der Waals surface area contributed by atoms with E-state index < -0.39 is 6.04 Å². The Hall–Kier alpha value is -3.42. The minimum Gasteiger partial charge on any atom is -0.508 e. The molecule has 0 bridgehead atoms. The Bertz CT molecular complexity index is 919. The second-order valence-corrected chi connectivity index (χ2v) is 5.18. The first-order valence-electron chi connectivity index (χ1n) is 7.21. The Morgan fingerprint density at radius 2 is 2.08 bits per heavy atom. The average Bonchev–Trinajstić information content (AvgIpc) is 3.00. The predicted molar refractivity (Wildman–Crippen MR) is 87.7 cm³/mol. The zero-order valence-electron chi connectivity index (χ0n) is 12.8. The maximum absolute atomic E-state index is 12.2. The van der Waals surface area contributed by atoms with Gasteiger partial charge < -0.3 is 10.2 Å². The zero-order valence-corrected chi connectivity index (χ0v) is 12.8. The third-order valence-electron chi connectivity index (χ3n) is 3.52. The van der Waals surface area contributed by atoms with Crippen LogP contribution >= 0.6 is 0 Å². The largest absolute Gasteiger partial charge is 0.508 e. The third kappa shape index (κ3) is 3.02. The van der Waals surface area contributed by atoms with Crippen molar-refractivity contribution in [3.63, 3.8) is 0 Å². The van der Waals surface area contributed by atoms with E-state index in [-0.39, 0.29) is 17.4 Å². The number of benzene rings is 2. The molecule has 1 aromatic heterocycles. The van der Waals surface area contributed by atoms with Crippen LogP contribution in [0, 0.1) is 0 Å². The molecule has 3 aromatic rings. The second-order valence-electron chi connectivity index (χ2n) is 5.18. The number of aromatic hydroxyl groups is 2. The molecule has 1 unspecified atom stereocenters. The van der Waals surface area contributed by atoms with Gasteiger partial charge in [0.15, 0.2) is 0 Å². The van der Waals surface area contributed by atoms with Gasteiger partial charge in [0.1, 0.15) is 23.1 Å². The number of carbonyl (C=O) groups is 1. The van der Waals surface area contributed by atoms with Crippen LogP contribution in [0.4, 0.5) is 0 Å². The number of phenolic OH excluding ortho intramolecular Hbond substituents is 2. The predicted octanol–water partition coefficient (Wildman–Crippen LogP) is 1.55. The van der Waals surface area contributed by atoms with Crippen LogP contribution < -0.4 is 5.43 Å². The standard InChI is InChI=1S/C16H15N5O3/c1-10(21-14-5-3-2-4-13(14)18-20-21)16(24)19-17-9-11-6-7-12(22)8-15(11)23/h2-10,22-23H,1H3,(H,19,24)/b17-9+. The SMILES string of the molecule is CC(C(=O)N/N=C/c1ccc(O)cc1O)n1nnc2ccccc21. The molecule has 8 heteroatoms. The minimum absolute atomic E-state index is 0.0552. The Kier molecular flexibility index (Phi) is 4.11. The summed E-state index contributed by atoms with van der Waals surface area (Å²) >= 11 is 0. The van der Waals surface area contributed by atoms with Gasteiger partial charge in [0, 0.05) is 11.6 Å². The smallest absolute Gasteiger partial charge is 0.264 e. The molecule has 1 atom stereocenters. The molecule has 0 aliphatic carbocycles. The van der Waals surface area contributed by atoms with E-state index in [4.69, 9.17) is 0 Å². The van der Waals surface area contributed by atoms with Gasteiger partial charge in [-0.05, 0) is 31.2 Å². The highest BCUT2D eigenvalue weighted by Gasteiger charge is 2.18. The summed E-state index contributed by atoms with van der Waals surface area (Å²) in [4.78, 5) is 12.2. The molecule has 8 nitrogen and oxygen atoms in total. The molecule has 122 valence electrons. The van der Waals surface area contributed by atoms with Crippen molar-refractivity contribution in [1.82, 2.24) is 20.4 Å². The number of nitrogens with zero attached hydrogens (tertiary/aromatic N) is 4. The van der Waals surface area contributed by atoms with Gasteiger partial charge in [0.25, 0.3) is 5.91 Å². The summed E-state index contributed by atoms with van der Waals surface area (Å²) in [6.07, 6.45) is 1.29. The van der Waals surface area contributed by atoms with Crippen LogP contribution in [0.5, 0.6) is 11.5 Å². The van der Waals surface area contributed by atoms with Gasteiger partial charge in [-0.25, -0.2) is 10.1 Å². The molecule has 0 aliphatic heterocycles. The molecule has 24 heavy (non-hydrogen) atoms. The fourth-order valence-corrected chi connectivity index (χ4v) is 2.18. The number of hydrogen-bond acceptors (Lipinski definition) is 6. The lowest BCUT2D eigenvalue weighted by atomic mass is 10.2. The quantitative estimate of drug-likeness (QED) is 0.497. The number of para-hydroxylation sites is 1. The number of amides is 1. The Balaban J connectivity index is 1.71. The van der Waals surface area contributed by atoms with Gasteiger partial charge in [0.2, 0.25) is 0 Å². The number of nitrogens with one attached hydrogen (secondary N) is 1. The lowest BCUT2D eigenvalue weighted by Gasteiger charge is -2.10. The van der Waals surface area contributed by atoms with Crippen molar-refractivity contribution in [3.8, 4) is 11.5 Å². The number of fused-ring (bicyclic) bond motifs is 1. The average molecular weight is 325 g/mol. The van der Waals surface area contributed by atoms with Crippen LogP contribution in [0.1, 0.15) is 18.5 Å². The van der Waals surface area contributed by atoms with E-state index in [1.54, 1.807) is 6.92 Å². The summed E-state index contributed by atoms with van der Waals surface area (Å²) in [5.74, 6) is -0.566. The summed E-state index contributed by atoms with van der Waals surface area (Å²) < 4.78 is 1.51. The first kappa shape index (κ1) is 15.5. The van der Waals surface area contributed by atoms with Crippen molar-refractivity contribution < 1.29 is 15.0 Å². The molecule has 0 fully saturated rings. The number of hydrazone groups is 1.